The molecule has 4 nitrogen and oxygen atoms in total. The fourth-order valence-corrected chi connectivity index (χ4v) is 2.14. The molecule has 0 amide bonds. The van der Waals surface area contributed by atoms with Crippen molar-refractivity contribution in [1.82, 2.24) is 5.32 Å². The zero-order chi connectivity index (χ0) is 12.4. The molecule has 0 unspecified atom stereocenters. The standard InChI is InChI=1S/C14H20N2O2/c1-10-8-13-14(18-7-6-17-13)9-12(10)16-5-4-15-11-2-3-11/h8-9,11,15-16H,2-7H2,1H3. The van der Waals surface area contributed by atoms with Crippen LogP contribution in [0.25, 0.3) is 0 Å². The van der Waals surface area contributed by atoms with E-state index in [1.165, 1.54) is 18.4 Å². The van der Waals surface area contributed by atoms with Gasteiger partial charge in [-0.3, -0.25) is 0 Å². The van der Waals surface area contributed by atoms with Gasteiger partial charge in [-0.2, -0.15) is 0 Å². The Kier molecular flexibility index (Phi) is 3.28. The third-order valence-electron chi connectivity index (χ3n) is 3.34. The highest BCUT2D eigenvalue weighted by atomic mass is 16.6. The van der Waals surface area contributed by atoms with E-state index >= 15 is 0 Å². The van der Waals surface area contributed by atoms with Crippen LogP contribution in [0.4, 0.5) is 5.69 Å². The molecule has 1 saturated carbocycles. The van der Waals surface area contributed by atoms with Crippen LogP contribution in [0.5, 0.6) is 11.5 Å². The maximum absolute atomic E-state index is 5.59. The predicted octanol–water partition coefficient (Wildman–Crippen LogP) is 1.93. The molecule has 1 aromatic rings. The van der Waals surface area contributed by atoms with Gasteiger partial charge in [0.05, 0.1) is 0 Å². The third-order valence-corrected chi connectivity index (χ3v) is 3.34. The Bertz CT molecular complexity index is 430. The molecule has 0 radical (unpaired) electrons. The lowest BCUT2D eigenvalue weighted by atomic mass is 10.1. The number of aryl methyl sites for hydroxylation is 1. The zero-order valence-electron chi connectivity index (χ0n) is 10.8. The van der Waals surface area contributed by atoms with E-state index in [0.29, 0.717) is 13.2 Å². The minimum atomic E-state index is 0.638. The molecule has 0 aromatic heterocycles. The molecule has 1 heterocycles. The summed E-state index contributed by atoms with van der Waals surface area (Å²) in [5.74, 6) is 1.71. The largest absolute Gasteiger partial charge is 0.486 e. The zero-order valence-corrected chi connectivity index (χ0v) is 10.8. The molecule has 3 rings (SSSR count). The van der Waals surface area contributed by atoms with Gasteiger partial charge in [0.1, 0.15) is 13.2 Å². The summed E-state index contributed by atoms with van der Waals surface area (Å²) in [7, 11) is 0. The van der Waals surface area contributed by atoms with Crippen molar-refractivity contribution in [1.29, 1.82) is 0 Å². The molecule has 2 aliphatic rings. The first kappa shape index (κ1) is 11.7. The summed E-state index contributed by atoms with van der Waals surface area (Å²) in [5.41, 5.74) is 2.34. The van der Waals surface area contributed by atoms with E-state index in [2.05, 4.69) is 17.6 Å². The Balaban J connectivity index is 1.59. The average molecular weight is 248 g/mol. The van der Waals surface area contributed by atoms with E-state index in [4.69, 9.17) is 9.47 Å². The molecule has 18 heavy (non-hydrogen) atoms. The average Bonchev–Trinajstić information content (AvgIpc) is 3.19. The second kappa shape index (κ2) is 5.06. The van der Waals surface area contributed by atoms with Gasteiger partial charge in [0.2, 0.25) is 0 Å². The number of anilines is 1. The highest BCUT2D eigenvalue weighted by Crippen LogP contribution is 2.35. The fraction of sp³-hybridized carbons (Fsp3) is 0.571. The van der Waals surface area contributed by atoms with Crippen molar-refractivity contribution in [2.45, 2.75) is 25.8 Å². The summed E-state index contributed by atoms with van der Waals surface area (Å²) in [6.07, 6.45) is 2.67. The number of hydrogen-bond acceptors (Lipinski definition) is 4. The molecule has 1 fully saturated rings. The molecular formula is C14H20N2O2. The number of benzene rings is 1. The van der Waals surface area contributed by atoms with Gasteiger partial charge in [-0.1, -0.05) is 0 Å². The van der Waals surface area contributed by atoms with E-state index < -0.39 is 0 Å². The Morgan fingerprint density at radius 3 is 2.56 bits per heavy atom. The van der Waals surface area contributed by atoms with Crippen LogP contribution in [0.2, 0.25) is 0 Å². The quantitative estimate of drug-likeness (QED) is 0.781. The van der Waals surface area contributed by atoms with Gasteiger partial charge in [-0.25, -0.2) is 0 Å². The van der Waals surface area contributed by atoms with Crippen LogP contribution in [0.1, 0.15) is 18.4 Å². The first-order valence-electron chi connectivity index (χ1n) is 6.70. The van der Waals surface area contributed by atoms with Crippen molar-refractivity contribution in [3.8, 4) is 11.5 Å². The van der Waals surface area contributed by atoms with Crippen LogP contribution in [-0.2, 0) is 0 Å². The van der Waals surface area contributed by atoms with E-state index in [0.717, 1.165) is 36.3 Å². The minimum absolute atomic E-state index is 0.638. The second-order valence-electron chi connectivity index (χ2n) is 4.97. The Labute approximate surface area is 108 Å². The molecule has 1 aromatic carbocycles. The van der Waals surface area contributed by atoms with E-state index in [9.17, 15) is 0 Å². The van der Waals surface area contributed by atoms with Gasteiger partial charge in [-0.15, -0.1) is 0 Å². The number of hydrogen-bond donors (Lipinski definition) is 2. The van der Waals surface area contributed by atoms with Crippen LogP contribution in [0, 0.1) is 6.92 Å². The number of ether oxygens (including phenoxy) is 2. The van der Waals surface area contributed by atoms with Crippen molar-refractivity contribution < 1.29 is 9.47 Å². The molecular weight excluding hydrogens is 228 g/mol. The van der Waals surface area contributed by atoms with Crippen LogP contribution in [-0.4, -0.2) is 32.3 Å². The van der Waals surface area contributed by atoms with Gasteiger partial charge in [0.15, 0.2) is 11.5 Å². The number of rotatable bonds is 5. The summed E-state index contributed by atoms with van der Waals surface area (Å²) in [5, 5.41) is 6.94. The lowest BCUT2D eigenvalue weighted by molar-refractivity contribution is 0.171. The molecule has 0 bridgehead atoms. The molecule has 0 atom stereocenters. The molecule has 4 heteroatoms. The molecule has 0 spiro atoms. The fourth-order valence-electron chi connectivity index (χ4n) is 2.14. The van der Waals surface area contributed by atoms with E-state index in [-0.39, 0.29) is 0 Å². The SMILES string of the molecule is Cc1cc2c(cc1NCCNC1CC1)OCCO2. The highest BCUT2D eigenvalue weighted by Gasteiger charge is 2.19. The molecule has 2 N–H and O–H groups in total. The van der Waals surface area contributed by atoms with Gasteiger partial charge < -0.3 is 20.1 Å². The predicted molar refractivity (Wildman–Crippen MR) is 71.7 cm³/mol. The number of nitrogens with one attached hydrogen (secondary N) is 2. The van der Waals surface area contributed by atoms with Crippen molar-refractivity contribution >= 4 is 5.69 Å². The Hall–Kier alpha value is -1.42. The minimum Gasteiger partial charge on any atom is -0.486 e. The van der Waals surface area contributed by atoms with Crippen molar-refractivity contribution in [3.63, 3.8) is 0 Å². The van der Waals surface area contributed by atoms with Crippen LogP contribution in [0.3, 0.4) is 0 Å². The first-order chi connectivity index (χ1) is 8.83. The maximum Gasteiger partial charge on any atom is 0.163 e. The van der Waals surface area contributed by atoms with Gasteiger partial charge in [0, 0.05) is 30.9 Å². The summed E-state index contributed by atoms with van der Waals surface area (Å²) >= 11 is 0. The van der Waals surface area contributed by atoms with Crippen LogP contribution >= 0.6 is 0 Å². The van der Waals surface area contributed by atoms with Crippen molar-refractivity contribution in [2.75, 3.05) is 31.6 Å². The summed E-state index contributed by atoms with van der Waals surface area (Å²) in [6.45, 7) is 5.33. The summed E-state index contributed by atoms with van der Waals surface area (Å²) < 4.78 is 11.2. The van der Waals surface area contributed by atoms with Crippen LogP contribution in [0.15, 0.2) is 12.1 Å². The smallest absolute Gasteiger partial charge is 0.163 e. The monoisotopic (exact) mass is 248 g/mol. The van der Waals surface area contributed by atoms with Crippen LogP contribution < -0.4 is 20.1 Å². The topological polar surface area (TPSA) is 42.5 Å². The Morgan fingerprint density at radius 1 is 1.11 bits per heavy atom. The molecule has 0 saturated heterocycles. The van der Waals surface area contributed by atoms with Gasteiger partial charge in [-0.05, 0) is 31.4 Å². The molecule has 1 aliphatic carbocycles. The lowest BCUT2D eigenvalue weighted by Gasteiger charge is -2.20. The lowest BCUT2D eigenvalue weighted by Crippen LogP contribution is -2.24. The number of fused-ring (bicyclic) bond motifs is 1. The third kappa shape index (κ3) is 2.70. The van der Waals surface area contributed by atoms with Gasteiger partial charge in [0.25, 0.3) is 0 Å². The maximum atomic E-state index is 5.59. The second-order valence-corrected chi connectivity index (χ2v) is 4.97. The molecule has 1 aliphatic heterocycles. The summed E-state index contributed by atoms with van der Waals surface area (Å²) in [6, 6.07) is 4.86. The van der Waals surface area contributed by atoms with Crippen molar-refractivity contribution in [3.05, 3.63) is 17.7 Å². The van der Waals surface area contributed by atoms with Gasteiger partial charge >= 0.3 is 0 Å². The Morgan fingerprint density at radius 2 is 1.83 bits per heavy atom. The summed E-state index contributed by atoms with van der Waals surface area (Å²) in [4.78, 5) is 0. The van der Waals surface area contributed by atoms with E-state index in [1.807, 2.05) is 12.1 Å². The highest BCUT2D eigenvalue weighted by molar-refractivity contribution is 5.60. The van der Waals surface area contributed by atoms with Crippen molar-refractivity contribution in [2.24, 2.45) is 0 Å². The normalized spacial score (nSPS) is 17.6. The molecule has 98 valence electrons. The first-order valence-corrected chi connectivity index (χ1v) is 6.70. The van der Waals surface area contributed by atoms with E-state index in [1.54, 1.807) is 0 Å².